The second-order valence-corrected chi connectivity index (χ2v) is 8.90. The van der Waals surface area contributed by atoms with E-state index >= 15 is 0 Å². The molecule has 2 saturated heterocycles. The maximum Gasteiger partial charge on any atom is 0.416 e. The van der Waals surface area contributed by atoms with Gasteiger partial charge in [-0.2, -0.15) is 13.2 Å². The number of aliphatic imine (C=N–C) groups is 1. The van der Waals surface area contributed by atoms with E-state index in [1.54, 1.807) is 7.05 Å². The van der Waals surface area contributed by atoms with Crippen molar-refractivity contribution in [3.05, 3.63) is 35.4 Å². The first-order valence-corrected chi connectivity index (χ1v) is 10.6. The number of halogens is 4. The number of hydrogen-bond acceptors (Lipinski definition) is 2. The minimum Gasteiger partial charge on any atom is -0.381 e. The fourth-order valence-electron chi connectivity index (χ4n) is 5.14. The lowest BCUT2D eigenvalue weighted by atomic mass is 9.68. The average Bonchev–Trinajstić information content (AvgIpc) is 3.15. The molecule has 3 fully saturated rings. The maximum atomic E-state index is 13.3. The Morgan fingerprint density at radius 3 is 2.47 bits per heavy atom. The molecular formula is C22H31F3IN3O. The molecule has 1 aliphatic carbocycles. The third-order valence-electron chi connectivity index (χ3n) is 7.20. The Morgan fingerprint density at radius 2 is 1.90 bits per heavy atom. The zero-order chi connectivity index (χ0) is 20.5. The predicted octanol–water partition coefficient (Wildman–Crippen LogP) is 4.82. The zero-order valence-electron chi connectivity index (χ0n) is 17.4. The van der Waals surface area contributed by atoms with E-state index in [1.165, 1.54) is 37.8 Å². The number of hydrogen-bond donors (Lipinski definition) is 1. The van der Waals surface area contributed by atoms with Crippen LogP contribution in [0, 0.1) is 5.41 Å². The van der Waals surface area contributed by atoms with Crippen molar-refractivity contribution in [1.82, 2.24) is 10.2 Å². The standard InChI is InChI=1S/C22H30F3N3O.HI/c1-26-19(28-11-8-20(16-28)6-3-7-20)27-15-21(9-12-29-13-10-21)17-4-2-5-18(14-17)22(23,24)25;/h2,4-5,14H,3,6-13,15-16H2,1H3,(H,26,27);1H. The number of likely N-dealkylation sites (tertiary alicyclic amines) is 1. The van der Waals surface area contributed by atoms with E-state index in [0.717, 1.165) is 30.7 Å². The number of benzene rings is 1. The lowest BCUT2D eigenvalue weighted by molar-refractivity contribution is -0.137. The molecule has 0 bridgehead atoms. The van der Waals surface area contributed by atoms with Gasteiger partial charge in [0.05, 0.1) is 5.56 Å². The monoisotopic (exact) mass is 537 g/mol. The zero-order valence-corrected chi connectivity index (χ0v) is 19.8. The van der Waals surface area contributed by atoms with Crippen LogP contribution in [0.5, 0.6) is 0 Å². The van der Waals surface area contributed by atoms with Gasteiger partial charge in [0.1, 0.15) is 0 Å². The van der Waals surface area contributed by atoms with E-state index in [9.17, 15) is 13.2 Å². The van der Waals surface area contributed by atoms with E-state index in [1.807, 2.05) is 6.07 Å². The lowest BCUT2D eigenvalue weighted by Gasteiger charge is -2.40. The topological polar surface area (TPSA) is 36.9 Å². The molecule has 1 N–H and O–H groups in total. The van der Waals surface area contributed by atoms with Gasteiger partial charge in [-0.1, -0.05) is 24.6 Å². The fourth-order valence-corrected chi connectivity index (χ4v) is 5.14. The van der Waals surface area contributed by atoms with Crippen LogP contribution < -0.4 is 5.32 Å². The first-order valence-electron chi connectivity index (χ1n) is 10.6. The van der Waals surface area contributed by atoms with Crippen LogP contribution in [0.1, 0.15) is 49.7 Å². The molecule has 4 rings (SSSR count). The highest BCUT2D eigenvalue weighted by Gasteiger charge is 2.44. The van der Waals surface area contributed by atoms with Crippen LogP contribution in [0.2, 0.25) is 0 Å². The summed E-state index contributed by atoms with van der Waals surface area (Å²) in [6.45, 7) is 3.71. The van der Waals surface area contributed by atoms with Crippen molar-refractivity contribution in [1.29, 1.82) is 0 Å². The molecule has 30 heavy (non-hydrogen) atoms. The van der Waals surface area contributed by atoms with Crippen molar-refractivity contribution >= 4 is 29.9 Å². The highest BCUT2D eigenvalue weighted by molar-refractivity contribution is 14.0. The molecule has 3 aliphatic rings. The Hall–Kier alpha value is -1.03. The molecule has 1 aromatic carbocycles. The molecule has 4 nitrogen and oxygen atoms in total. The van der Waals surface area contributed by atoms with Crippen molar-refractivity contribution in [2.75, 3.05) is 39.9 Å². The summed E-state index contributed by atoms with van der Waals surface area (Å²) in [5.74, 6) is 0.867. The van der Waals surface area contributed by atoms with Crippen molar-refractivity contribution in [3.8, 4) is 0 Å². The van der Waals surface area contributed by atoms with Gasteiger partial charge in [-0.3, -0.25) is 4.99 Å². The van der Waals surface area contributed by atoms with E-state index in [0.29, 0.717) is 38.0 Å². The van der Waals surface area contributed by atoms with Crippen LogP contribution in [0.3, 0.4) is 0 Å². The van der Waals surface area contributed by atoms with Crippen LogP contribution in [0.15, 0.2) is 29.3 Å². The molecule has 1 aromatic rings. The Balaban J connectivity index is 0.00000256. The quantitative estimate of drug-likeness (QED) is 0.341. The Morgan fingerprint density at radius 1 is 1.17 bits per heavy atom. The Labute approximate surface area is 193 Å². The largest absolute Gasteiger partial charge is 0.416 e. The number of nitrogens with one attached hydrogen (secondary N) is 1. The van der Waals surface area contributed by atoms with Gasteiger partial charge in [0, 0.05) is 45.3 Å². The van der Waals surface area contributed by atoms with E-state index in [2.05, 4.69) is 15.2 Å². The molecule has 1 spiro atoms. The molecule has 0 atom stereocenters. The molecule has 2 heterocycles. The van der Waals surface area contributed by atoms with Gasteiger partial charge in [-0.15, -0.1) is 24.0 Å². The smallest absolute Gasteiger partial charge is 0.381 e. The second-order valence-electron chi connectivity index (χ2n) is 8.90. The molecule has 2 aliphatic heterocycles. The Kier molecular flexibility index (Phi) is 7.26. The molecule has 1 saturated carbocycles. The van der Waals surface area contributed by atoms with Crippen LogP contribution >= 0.6 is 24.0 Å². The van der Waals surface area contributed by atoms with Gasteiger partial charge >= 0.3 is 6.18 Å². The van der Waals surface area contributed by atoms with Crippen molar-refractivity contribution in [2.24, 2.45) is 10.4 Å². The SMILES string of the molecule is CN=C(NCC1(c2cccc(C(F)(F)F)c2)CCOCC1)N1CCC2(CCC2)C1.I. The summed E-state index contributed by atoms with van der Waals surface area (Å²) in [4.78, 5) is 6.80. The highest BCUT2D eigenvalue weighted by atomic mass is 127. The fraction of sp³-hybridized carbons (Fsp3) is 0.682. The molecule has 0 unspecified atom stereocenters. The van der Waals surface area contributed by atoms with Crippen molar-refractivity contribution < 1.29 is 17.9 Å². The molecule has 0 aromatic heterocycles. The number of rotatable bonds is 3. The van der Waals surface area contributed by atoms with Gasteiger partial charge in [-0.25, -0.2) is 0 Å². The average molecular weight is 537 g/mol. The third kappa shape index (κ3) is 4.74. The van der Waals surface area contributed by atoms with Gasteiger partial charge < -0.3 is 15.0 Å². The van der Waals surface area contributed by atoms with Crippen LogP contribution in [0.4, 0.5) is 13.2 Å². The molecule has 8 heteroatoms. The van der Waals surface area contributed by atoms with E-state index in [4.69, 9.17) is 4.74 Å². The second kappa shape index (κ2) is 9.22. The normalized spacial score (nSPS) is 23.1. The van der Waals surface area contributed by atoms with Crippen LogP contribution in [0.25, 0.3) is 0 Å². The molecule has 168 valence electrons. The molecular weight excluding hydrogens is 506 g/mol. The molecule has 0 amide bonds. The summed E-state index contributed by atoms with van der Waals surface area (Å²) in [5.41, 5.74) is 0.227. The maximum absolute atomic E-state index is 13.3. The first-order chi connectivity index (χ1) is 13.9. The minimum atomic E-state index is -4.33. The predicted molar refractivity (Wildman–Crippen MR) is 122 cm³/mol. The third-order valence-corrected chi connectivity index (χ3v) is 7.20. The van der Waals surface area contributed by atoms with Gasteiger partial charge in [-0.05, 0) is 49.1 Å². The first kappa shape index (κ1) is 23.6. The number of alkyl halides is 3. The summed E-state index contributed by atoms with van der Waals surface area (Å²) in [7, 11) is 1.79. The number of nitrogens with zero attached hydrogens (tertiary/aromatic N) is 2. The number of guanidine groups is 1. The number of ether oxygens (including phenoxy) is 1. The molecule has 0 radical (unpaired) electrons. The van der Waals surface area contributed by atoms with E-state index < -0.39 is 11.7 Å². The summed E-state index contributed by atoms with van der Waals surface area (Å²) in [6.07, 6.45) is 2.18. The van der Waals surface area contributed by atoms with Gasteiger partial charge in [0.15, 0.2) is 5.96 Å². The summed E-state index contributed by atoms with van der Waals surface area (Å²) in [5, 5.41) is 3.50. The summed E-state index contributed by atoms with van der Waals surface area (Å²) in [6, 6.07) is 5.80. The van der Waals surface area contributed by atoms with Crippen molar-refractivity contribution in [3.63, 3.8) is 0 Å². The summed E-state index contributed by atoms with van der Waals surface area (Å²) >= 11 is 0. The minimum absolute atomic E-state index is 0. The van der Waals surface area contributed by atoms with Crippen molar-refractivity contribution in [2.45, 2.75) is 50.1 Å². The van der Waals surface area contributed by atoms with Gasteiger partial charge in [0.2, 0.25) is 0 Å². The van der Waals surface area contributed by atoms with E-state index in [-0.39, 0.29) is 29.4 Å². The van der Waals surface area contributed by atoms with Crippen LogP contribution in [-0.4, -0.2) is 50.8 Å². The lowest BCUT2D eigenvalue weighted by Crippen LogP contribution is -2.49. The van der Waals surface area contributed by atoms with Gasteiger partial charge in [0.25, 0.3) is 0 Å². The highest BCUT2D eigenvalue weighted by Crippen LogP contribution is 2.48. The summed E-state index contributed by atoms with van der Waals surface area (Å²) < 4.78 is 45.4. The Bertz CT molecular complexity index is 758. The van der Waals surface area contributed by atoms with Crippen LogP contribution in [-0.2, 0) is 16.3 Å².